The minimum atomic E-state index is 0.552. The summed E-state index contributed by atoms with van der Waals surface area (Å²) in [5.41, 5.74) is 3.26. The predicted molar refractivity (Wildman–Crippen MR) is 62.6 cm³/mol. The van der Waals surface area contributed by atoms with Gasteiger partial charge in [0.25, 0.3) is 0 Å². The second-order valence-electron chi connectivity index (χ2n) is 4.55. The van der Waals surface area contributed by atoms with Gasteiger partial charge in [0.05, 0.1) is 5.69 Å². The van der Waals surface area contributed by atoms with E-state index < -0.39 is 0 Å². The van der Waals surface area contributed by atoms with E-state index in [0.717, 1.165) is 24.3 Å². The molecule has 84 valence electrons. The molecule has 0 spiro atoms. The molecule has 2 aromatic rings. The molecule has 1 unspecified atom stereocenters. The van der Waals surface area contributed by atoms with E-state index in [-0.39, 0.29) is 0 Å². The molecule has 3 heterocycles. The molecule has 0 amide bonds. The Hall–Kier alpha value is -1.42. The zero-order valence-electron chi connectivity index (χ0n) is 9.48. The molecule has 1 fully saturated rings. The normalized spacial score (nSPS) is 21.4. The van der Waals surface area contributed by atoms with Crippen LogP contribution in [0, 0.1) is 6.92 Å². The SMILES string of the molecule is Cc1cnc2cc(C3CCCNC3)nn2c1. The first-order valence-corrected chi connectivity index (χ1v) is 5.85. The number of fused-ring (bicyclic) bond motifs is 1. The number of hydrogen-bond acceptors (Lipinski definition) is 3. The number of hydrogen-bond donors (Lipinski definition) is 1. The first kappa shape index (κ1) is 9.78. The number of aromatic nitrogens is 3. The summed E-state index contributed by atoms with van der Waals surface area (Å²) < 4.78 is 1.89. The van der Waals surface area contributed by atoms with Crippen LogP contribution in [0.25, 0.3) is 5.65 Å². The van der Waals surface area contributed by atoms with Crippen molar-refractivity contribution in [3.8, 4) is 0 Å². The summed E-state index contributed by atoms with van der Waals surface area (Å²) in [5.74, 6) is 0.552. The Balaban J connectivity index is 1.97. The van der Waals surface area contributed by atoms with Gasteiger partial charge in [0.1, 0.15) is 0 Å². The fourth-order valence-corrected chi connectivity index (χ4v) is 2.29. The molecule has 1 saturated heterocycles. The van der Waals surface area contributed by atoms with Gasteiger partial charge in [-0.05, 0) is 31.9 Å². The molecule has 1 N–H and O–H groups in total. The lowest BCUT2D eigenvalue weighted by molar-refractivity contribution is 0.453. The van der Waals surface area contributed by atoms with Crippen LogP contribution in [0.3, 0.4) is 0 Å². The third-order valence-electron chi connectivity index (χ3n) is 3.18. The molecule has 1 atom stereocenters. The van der Waals surface area contributed by atoms with Crippen molar-refractivity contribution in [3.05, 3.63) is 29.7 Å². The Bertz CT molecular complexity index is 497. The van der Waals surface area contributed by atoms with Crippen LogP contribution >= 0.6 is 0 Å². The van der Waals surface area contributed by atoms with Gasteiger partial charge in [-0.2, -0.15) is 5.10 Å². The van der Waals surface area contributed by atoms with Gasteiger partial charge in [0.2, 0.25) is 0 Å². The predicted octanol–water partition coefficient (Wildman–Crippen LogP) is 1.50. The maximum Gasteiger partial charge on any atom is 0.155 e. The summed E-state index contributed by atoms with van der Waals surface area (Å²) in [5, 5.41) is 8.03. The van der Waals surface area contributed by atoms with E-state index in [1.807, 2.05) is 23.8 Å². The fourth-order valence-electron chi connectivity index (χ4n) is 2.29. The van der Waals surface area contributed by atoms with Crippen molar-refractivity contribution >= 4 is 5.65 Å². The van der Waals surface area contributed by atoms with Crippen LogP contribution in [-0.4, -0.2) is 27.7 Å². The van der Waals surface area contributed by atoms with Crippen LogP contribution < -0.4 is 5.32 Å². The molecule has 0 saturated carbocycles. The second kappa shape index (κ2) is 3.87. The van der Waals surface area contributed by atoms with Gasteiger partial charge in [0, 0.05) is 30.9 Å². The molecule has 1 aliphatic heterocycles. The number of piperidine rings is 1. The lowest BCUT2D eigenvalue weighted by Crippen LogP contribution is -2.28. The first-order valence-electron chi connectivity index (χ1n) is 5.85. The number of nitrogens with zero attached hydrogens (tertiary/aromatic N) is 3. The van der Waals surface area contributed by atoms with Gasteiger partial charge >= 0.3 is 0 Å². The van der Waals surface area contributed by atoms with E-state index in [2.05, 4.69) is 21.5 Å². The summed E-state index contributed by atoms with van der Waals surface area (Å²) in [6.07, 6.45) is 6.39. The standard InChI is InChI=1S/C12H16N4/c1-9-6-14-12-5-11(15-16(12)8-9)10-3-2-4-13-7-10/h5-6,8,10,13H,2-4,7H2,1H3. The molecule has 3 rings (SSSR count). The zero-order valence-corrected chi connectivity index (χ0v) is 9.48. The van der Waals surface area contributed by atoms with Crippen molar-refractivity contribution in [2.45, 2.75) is 25.7 Å². The topological polar surface area (TPSA) is 42.2 Å². The monoisotopic (exact) mass is 216 g/mol. The molecule has 1 aliphatic rings. The third kappa shape index (κ3) is 1.69. The van der Waals surface area contributed by atoms with Crippen molar-refractivity contribution in [2.75, 3.05) is 13.1 Å². The quantitative estimate of drug-likeness (QED) is 0.785. The average molecular weight is 216 g/mol. The van der Waals surface area contributed by atoms with Crippen LogP contribution in [-0.2, 0) is 0 Å². The molecule has 0 aliphatic carbocycles. The van der Waals surface area contributed by atoms with Crippen molar-refractivity contribution in [2.24, 2.45) is 0 Å². The van der Waals surface area contributed by atoms with E-state index >= 15 is 0 Å². The van der Waals surface area contributed by atoms with Gasteiger partial charge < -0.3 is 5.32 Å². The minimum absolute atomic E-state index is 0.552. The molecule has 0 aromatic carbocycles. The highest BCUT2D eigenvalue weighted by atomic mass is 15.2. The van der Waals surface area contributed by atoms with Gasteiger partial charge in [-0.25, -0.2) is 9.50 Å². The van der Waals surface area contributed by atoms with Gasteiger partial charge in [-0.3, -0.25) is 0 Å². The third-order valence-corrected chi connectivity index (χ3v) is 3.18. The molecule has 4 nitrogen and oxygen atoms in total. The summed E-state index contributed by atoms with van der Waals surface area (Å²) in [7, 11) is 0. The summed E-state index contributed by atoms with van der Waals surface area (Å²) >= 11 is 0. The minimum Gasteiger partial charge on any atom is -0.316 e. The molecular formula is C12H16N4. The Morgan fingerprint density at radius 1 is 1.50 bits per heavy atom. The largest absolute Gasteiger partial charge is 0.316 e. The van der Waals surface area contributed by atoms with E-state index in [4.69, 9.17) is 0 Å². The Kier molecular flexibility index (Phi) is 2.36. The van der Waals surface area contributed by atoms with E-state index in [9.17, 15) is 0 Å². The summed E-state index contributed by atoms with van der Waals surface area (Å²) in [6.45, 7) is 4.22. The Morgan fingerprint density at radius 2 is 2.44 bits per heavy atom. The molecule has 0 bridgehead atoms. The van der Waals surface area contributed by atoms with E-state index in [1.165, 1.54) is 18.5 Å². The molecular weight excluding hydrogens is 200 g/mol. The van der Waals surface area contributed by atoms with Crippen LogP contribution in [0.5, 0.6) is 0 Å². The highest BCUT2D eigenvalue weighted by Gasteiger charge is 2.18. The van der Waals surface area contributed by atoms with Crippen molar-refractivity contribution in [1.29, 1.82) is 0 Å². The Labute approximate surface area is 94.7 Å². The first-order chi connectivity index (χ1) is 7.83. The molecule has 2 aromatic heterocycles. The number of rotatable bonds is 1. The van der Waals surface area contributed by atoms with Crippen molar-refractivity contribution in [3.63, 3.8) is 0 Å². The highest BCUT2D eigenvalue weighted by Crippen LogP contribution is 2.22. The molecule has 4 heteroatoms. The van der Waals surface area contributed by atoms with Gasteiger partial charge in [0.15, 0.2) is 5.65 Å². The summed E-state index contributed by atoms with van der Waals surface area (Å²) in [6, 6.07) is 2.11. The average Bonchev–Trinajstić information content (AvgIpc) is 2.73. The van der Waals surface area contributed by atoms with E-state index in [0.29, 0.717) is 5.92 Å². The highest BCUT2D eigenvalue weighted by molar-refractivity contribution is 5.40. The van der Waals surface area contributed by atoms with E-state index in [1.54, 1.807) is 0 Å². The zero-order chi connectivity index (χ0) is 11.0. The number of nitrogens with one attached hydrogen (secondary N) is 1. The number of aryl methyl sites for hydroxylation is 1. The lowest BCUT2D eigenvalue weighted by atomic mass is 9.96. The van der Waals surface area contributed by atoms with Crippen LogP contribution in [0.1, 0.15) is 30.0 Å². The van der Waals surface area contributed by atoms with Gasteiger partial charge in [-0.15, -0.1) is 0 Å². The fraction of sp³-hybridized carbons (Fsp3) is 0.500. The lowest BCUT2D eigenvalue weighted by Gasteiger charge is -2.20. The second-order valence-corrected chi connectivity index (χ2v) is 4.55. The van der Waals surface area contributed by atoms with Crippen LogP contribution in [0.4, 0.5) is 0 Å². The maximum absolute atomic E-state index is 4.61. The smallest absolute Gasteiger partial charge is 0.155 e. The van der Waals surface area contributed by atoms with Gasteiger partial charge in [-0.1, -0.05) is 0 Å². The Morgan fingerprint density at radius 3 is 3.25 bits per heavy atom. The van der Waals surface area contributed by atoms with Crippen molar-refractivity contribution < 1.29 is 0 Å². The van der Waals surface area contributed by atoms with Crippen LogP contribution in [0.15, 0.2) is 18.5 Å². The maximum atomic E-state index is 4.61. The van der Waals surface area contributed by atoms with Crippen molar-refractivity contribution in [1.82, 2.24) is 19.9 Å². The van der Waals surface area contributed by atoms with Crippen LogP contribution in [0.2, 0.25) is 0 Å². The molecule has 16 heavy (non-hydrogen) atoms. The summed E-state index contributed by atoms with van der Waals surface area (Å²) in [4.78, 5) is 4.38. The molecule has 0 radical (unpaired) electrons.